The normalized spacial score (nSPS) is 13.6. The molecule has 3 aromatic rings. The maximum absolute atomic E-state index is 12.6. The molecule has 31 heavy (non-hydrogen) atoms. The molecule has 0 aliphatic carbocycles. The number of benzene rings is 1. The van der Waals surface area contributed by atoms with E-state index in [1.165, 1.54) is 12.1 Å². The summed E-state index contributed by atoms with van der Waals surface area (Å²) in [6, 6.07) is 10.6. The van der Waals surface area contributed by atoms with Crippen molar-refractivity contribution in [2.45, 2.75) is 44.9 Å². The second-order valence-electron chi connectivity index (χ2n) is 7.14. The number of urea groups is 1. The van der Waals surface area contributed by atoms with Crippen molar-refractivity contribution in [1.82, 2.24) is 25.2 Å². The van der Waals surface area contributed by atoms with E-state index in [2.05, 4.69) is 20.8 Å². The Bertz CT molecular complexity index is 1000. The lowest BCUT2D eigenvalue weighted by atomic mass is 10.1. The molecule has 2 N–H and O–H groups in total. The van der Waals surface area contributed by atoms with Crippen molar-refractivity contribution in [3.8, 4) is 5.75 Å². The highest BCUT2D eigenvalue weighted by molar-refractivity contribution is 5.74. The summed E-state index contributed by atoms with van der Waals surface area (Å²) in [6.45, 7) is 2.45. The molecule has 2 atom stereocenters. The van der Waals surface area contributed by atoms with E-state index in [4.69, 9.17) is 4.74 Å². The predicted octanol–water partition coefficient (Wildman–Crippen LogP) is 4.57. The van der Waals surface area contributed by atoms with Crippen LogP contribution < -0.4 is 15.4 Å². The number of nitrogens with zero attached hydrogens (tertiary/aromatic N) is 3. The second-order valence-corrected chi connectivity index (χ2v) is 7.14. The van der Waals surface area contributed by atoms with Gasteiger partial charge in [0.15, 0.2) is 18.1 Å². The Morgan fingerprint density at radius 2 is 1.87 bits per heavy atom. The Labute approximate surface area is 177 Å². The highest BCUT2D eigenvalue weighted by atomic mass is 19.4. The lowest BCUT2D eigenvalue weighted by Gasteiger charge is -2.20. The molecule has 0 aliphatic heterocycles. The van der Waals surface area contributed by atoms with E-state index in [9.17, 15) is 18.0 Å². The second kappa shape index (κ2) is 9.67. The quantitative estimate of drug-likeness (QED) is 0.543. The molecule has 0 radical (unpaired) electrons. The van der Waals surface area contributed by atoms with Crippen molar-refractivity contribution >= 4 is 11.7 Å². The maximum Gasteiger partial charge on any atom is 0.422 e. The van der Waals surface area contributed by atoms with Gasteiger partial charge in [0.05, 0.1) is 12.1 Å². The number of alkyl halides is 3. The molecule has 7 nitrogen and oxygen atoms in total. The molecular weight excluding hydrogens is 411 g/mol. The summed E-state index contributed by atoms with van der Waals surface area (Å²) in [7, 11) is 0. The number of aromatic nitrogens is 3. The fourth-order valence-electron chi connectivity index (χ4n) is 3.15. The minimum Gasteiger partial charge on any atom is -0.484 e. The standard InChI is InChI=1S/C21H24F3N5O2/c1-3-6-17(19-28-27-18-7-4-5-12-29(18)19)26-20(30)25-14(2)15-8-10-16(11-9-15)31-13-21(22,23)24/h4-5,7-12,14,17H,3,6,13H2,1-2H3,(H2,25,26,30). The molecule has 10 heteroatoms. The number of ether oxygens (including phenoxy) is 1. The summed E-state index contributed by atoms with van der Waals surface area (Å²) in [6.07, 6.45) is -1.03. The maximum atomic E-state index is 12.6. The molecule has 0 aliphatic rings. The fourth-order valence-corrected chi connectivity index (χ4v) is 3.15. The third kappa shape index (κ3) is 6.09. The SMILES string of the molecule is CCCC(NC(=O)NC(C)c1ccc(OCC(F)(F)F)cc1)c1nnc2ccccn12. The lowest BCUT2D eigenvalue weighted by molar-refractivity contribution is -0.153. The number of carbonyl (C=O) groups excluding carboxylic acids is 1. The average Bonchev–Trinajstić information content (AvgIpc) is 3.16. The Morgan fingerprint density at radius 1 is 1.13 bits per heavy atom. The summed E-state index contributed by atoms with van der Waals surface area (Å²) in [4.78, 5) is 12.6. The number of pyridine rings is 1. The molecule has 1 aromatic carbocycles. The molecule has 0 fully saturated rings. The van der Waals surface area contributed by atoms with Crippen LogP contribution in [0.25, 0.3) is 5.65 Å². The van der Waals surface area contributed by atoms with Crippen molar-refractivity contribution in [2.75, 3.05) is 6.61 Å². The fraction of sp³-hybridized carbons (Fsp3) is 0.381. The van der Waals surface area contributed by atoms with E-state index in [-0.39, 0.29) is 23.9 Å². The molecule has 0 spiro atoms. The molecule has 2 amide bonds. The van der Waals surface area contributed by atoms with Crippen LogP contribution in [0.4, 0.5) is 18.0 Å². The van der Waals surface area contributed by atoms with Crippen LogP contribution in [0.5, 0.6) is 5.75 Å². The van der Waals surface area contributed by atoms with E-state index < -0.39 is 12.8 Å². The van der Waals surface area contributed by atoms with Gasteiger partial charge < -0.3 is 15.4 Å². The van der Waals surface area contributed by atoms with Gasteiger partial charge in [0.1, 0.15) is 5.75 Å². The average molecular weight is 435 g/mol. The van der Waals surface area contributed by atoms with Gasteiger partial charge in [0.25, 0.3) is 0 Å². The van der Waals surface area contributed by atoms with Crippen molar-refractivity contribution < 1.29 is 22.7 Å². The smallest absolute Gasteiger partial charge is 0.422 e. The van der Waals surface area contributed by atoms with E-state index in [1.54, 1.807) is 19.1 Å². The minimum absolute atomic E-state index is 0.111. The van der Waals surface area contributed by atoms with E-state index in [0.29, 0.717) is 17.9 Å². The Morgan fingerprint density at radius 3 is 2.55 bits per heavy atom. The first-order valence-corrected chi connectivity index (χ1v) is 9.93. The van der Waals surface area contributed by atoms with E-state index >= 15 is 0 Å². The molecule has 0 bridgehead atoms. The lowest BCUT2D eigenvalue weighted by Crippen LogP contribution is -2.39. The summed E-state index contributed by atoms with van der Waals surface area (Å²) in [5.74, 6) is 0.755. The minimum atomic E-state index is -4.39. The molecule has 3 rings (SSSR count). The Hall–Kier alpha value is -3.30. The largest absolute Gasteiger partial charge is 0.484 e. The summed E-state index contributed by atoms with van der Waals surface area (Å²) in [5, 5.41) is 14.1. The molecular formula is C21H24F3N5O2. The zero-order valence-electron chi connectivity index (χ0n) is 17.2. The monoisotopic (exact) mass is 435 g/mol. The summed E-state index contributed by atoms with van der Waals surface area (Å²) >= 11 is 0. The molecule has 0 saturated heterocycles. The highest BCUT2D eigenvalue weighted by Gasteiger charge is 2.28. The number of fused-ring (bicyclic) bond motifs is 1. The van der Waals surface area contributed by atoms with Gasteiger partial charge in [-0.15, -0.1) is 10.2 Å². The Balaban J connectivity index is 1.61. The van der Waals surface area contributed by atoms with Gasteiger partial charge in [-0.05, 0) is 43.2 Å². The van der Waals surface area contributed by atoms with Crippen LogP contribution in [0.15, 0.2) is 48.7 Å². The van der Waals surface area contributed by atoms with Gasteiger partial charge >= 0.3 is 12.2 Å². The third-order valence-electron chi connectivity index (χ3n) is 4.66. The number of amides is 2. The zero-order chi connectivity index (χ0) is 22.4. The first kappa shape index (κ1) is 22.4. The van der Waals surface area contributed by atoms with Gasteiger partial charge in [0, 0.05) is 6.20 Å². The van der Waals surface area contributed by atoms with Crippen LogP contribution >= 0.6 is 0 Å². The first-order valence-electron chi connectivity index (χ1n) is 9.93. The van der Waals surface area contributed by atoms with E-state index in [0.717, 1.165) is 12.0 Å². The highest BCUT2D eigenvalue weighted by Crippen LogP contribution is 2.22. The van der Waals surface area contributed by atoms with Crippen LogP contribution in [0.2, 0.25) is 0 Å². The molecule has 2 aromatic heterocycles. The van der Waals surface area contributed by atoms with Crippen LogP contribution in [0.3, 0.4) is 0 Å². The number of halogens is 3. The number of nitrogens with one attached hydrogen (secondary N) is 2. The molecule has 2 unspecified atom stereocenters. The predicted molar refractivity (Wildman–Crippen MR) is 109 cm³/mol. The van der Waals surface area contributed by atoms with Gasteiger partial charge in [0.2, 0.25) is 0 Å². The molecule has 0 saturated carbocycles. The first-order chi connectivity index (χ1) is 14.8. The number of rotatable bonds is 8. The van der Waals surface area contributed by atoms with Crippen LogP contribution in [-0.2, 0) is 0 Å². The zero-order valence-corrected chi connectivity index (χ0v) is 17.2. The van der Waals surface area contributed by atoms with Crippen molar-refractivity contribution in [3.05, 3.63) is 60.0 Å². The van der Waals surface area contributed by atoms with Crippen LogP contribution in [0.1, 0.15) is 50.2 Å². The van der Waals surface area contributed by atoms with Crippen molar-refractivity contribution in [2.24, 2.45) is 0 Å². The topological polar surface area (TPSA) is 80.5 Å². The Kier molecular flexibility index (Phi) is 6.98. The van der Waals surface area contributed by atoms with E-state index in [1.807, 2.05) is 35.7 Å². The van der Waals surface area contributed by atoms with Gasteiger partial charge in [-0.2, -0.15) is 13.2 Å². The van der Waals surface area contributed by atoms with Gasteiger partial charge in [-0.1, -0.05) is 31.5 Å². The molecule has 2 heterocycles. The number of hydrogen-bond donors (Lipinski definition) is 2. The molecule has 166 valence electrons. The van der Waals surface area contributed by atoms with Crippen LogP contribution in [0, 0.1) is 0 Å². The van der Waals surface area contributed by atoms with Gasteiger partial charge in [-0.3, -0.25) is 4.40 Å². The van der Waals surface area contributed by atoms with Crippen molar-refractivity contribution in [1.29, 1.82) is 0 Å². The van der Waals surface area contributed by atoms with Crippen molar-refractivity contribution in [3.63, 3.8) is 0 Å². The number of carbonyl (C=O) groups is 1. The summed E-state index contributed by atoms with van der Waals surface area (Å²) in [5.41, 5.74) is 1.43. The third-order valence-corrected chi connectivity index (χ3v) is 4.66. The number of hydrogen-bond acceptors (Lipinski definition) is 4. The summed E-state index contributed by atoms with van der Waals surface area (Å²) < 4.78 is 43.3. The van der Waals surface area contributed by atoms with Crippen LogP contribution in [-0.4, -0.2) is 33.4 Å². The van der Waals surface area contributed by atoms with Gasteiger partial charge in [-0.25, -0.2) is 4.79 Å².